The van der Waals surface area contributed by atoms with Crippen LogP contribution in [-0.2, 0) is 35.0 Å². The standard InChI is InChI=1S/C39H45ClN4O8/c1-21-9-7-11-30(49-6)39(48)19-29(50-33(46)20-39)23(3)36-38(4,52-36)31(18-32(45)44(5)28-17-24(15-21)16-22(2)34(28)40)51-37(47)43-27-13-12-26(41)35-25(27)10-8-14-42-35/h7-14,16-17,23,29-31,36,48H,15,18-20,41H2,1-6H3,(H,43,47)/b11-7+,21-9+/t23-,29+,30-,31+,36+,38+,39-/m1/s1. The topological polar surface area (TPSA) is 166 Å². The predicted octanol–water partition coefficient (Wildman–Crippen LogP) is 6.05. The van der Waals surface area contributed by atoms with Crippen LogP contribution in [0.5, 0.6) is 0 Å². The van der Waals surface area contributed by atoms with E-state index in [2.05, 4.69) is 10.3 Å². The molecule has 3 aliphatic heterocycles. The van der Waals surface area contributed by atoms with E-state index >= 15 is 0 Å². The molecule has 0 saturated carbocycles. The van der Waals surface area contributed by atoms with Crippen LogP contribution in [0.25, 0.3) is 10.9 Å². The second-order valence-electron chi connectivity index (χ2n) is 14.3. The zero-order valence-corrected chi connectivity index (χ0v) is 30.9. The molecule has 0 aliphatic carbocycles. The number of nitrogens with zero attached hydrogens (tertiary/aromatic N) is 2. The van der Waals surface area contributed by atoms with Gasteiger partial charge in [0, 0.05) is 38.1 Å². The van der Waals surface area contributed by atoms with Gasteiger partial charge in [-0.2, -0.15) is 0 Å². The van der Waals surface area contributed by atoms with Crippen LogP contribution in [0, 0.1) is 12.8 Å². The molecule has 52 heavy (non-hydrogen) atoms. The fourth-order valence-electron chi connectivity index (χ4n) is 7.47. The number of nitrogens with two attached hydrogens (primary N) is 1. The number of epoxide rings is 1. The van der Waals surface area contributed by atoms with Gasteiger partial charge in [0.2, 0.25) is 5.91 Å². The molecule has 3 aromatic rings. The molecule has 0 radical (unpaired) electrons. The van der Waals surface area contributed by atoms with E-state index in [-0.39, 0.29) is 25.2 Å². The first-order valence-corrected chi connectivity index (χ1v) is 17.6. The molecule has 4 heterocycles. The molecule has 0 spiro atoms. The summed E-state index contributed by atoms with van der Waals surface area (Å²) in [6, 6.07) is 10.6. The number of carbonyl (C=O) groups is 3. The zero-order chi connectivity index (χ0) is 37.5. The van der Waals surface area contributed by atoms with Crippen LogP contribution in [0.1, 0.15) is 51.2 Å². The quantitative estimate of drug-likeness (QED) is 0.164. The average molecular weight is 733 g/mol. The summed E-state index contributed by atoms with van der Waals surface area (Å²) in [5, 5.41) is 15.7. The van der Waals surface area contributed by atoms with Gasteiger partial charge < -0.3 is 34.7 Å². The molecule has 6 rings (SSSR count). The number of halogens is 1. The number of fused-ring (bicyclic) bond motifs is 6. The maximum atomic E-state index is 14.1. The third kappa shape index (κ3) is 7.38. The highest BCUT2D eigenvalue weighted by Gasteiger charge is 2.64. The second kappa shape index (κ2) is 14.5. The lowest BCUT2D eigenvalue weighted by Gasteiger charge is -2.41. The maximum absolute atomic E-state index is 14.1. The first-order chi connectivity index (χ1) is 24.6. The molecular formula is C39H45ClN4O8. The Morgan fingerprint density at radius 2 is 1.98 bits per heavy atom. The number of rotatable bonds is 3. The Balaban J connectivity index is 1.37. The van der Waals surface area contributed by atoms with Gasteiger partial charge in [-0.3, -0.25) is 19.9 Å². The highest BCUT2D eigenvalue weighted by atomic mass is 35.5. The van der Waals surface area contributed by atoms with Crippen LogP contribution in [0.4, 0.5) is 21.9 Å². The number of aromatic nitrogens is 1. The van der Waals surface area contributed by atoms with Gasteiger partial charge in [0.15, 0.2) is 0 Å². The van der Waals surface area contributed by atoms with Crippen molar-refractivity contribution in [1.29, 1.82) is 0 Å². The van der Waals surface area contributed by atoms with Crippen molar-refractivity contribution in [1.82, 2.24) is 4.98 Å². The molecule has 0 unspecified atom stereocenters. The van der Waals surface area contributed by atoms with Crippen molar-refractivity contribution in [3.8, 4) is 0 Å². The molecule has 2 saturated heterocycles. The Labute approximate surface area is 307 Å². The van der Waals surface area contributed by atoms with Gasteiger partial charge in [0.05, 0.1) is 46.5 Å². The average Bonchev–Trinajstić information content (AvgIpc) is 3.80. The lowest BCUT2D eigenvalue weighted by atomic mass is 9.78. The zero-order valence-electron chi connectivity index (χ0n) is 30.1. The number of hydrogen-bond donors (Lipinski definition) is 3. The van der Waals surface area contributed by atoms with Crippen molar-refractivity contribution < 1.29 is 38.4 Å². The summed E-state index contributed by atoms with van der Waals surface area (Å²) >= 11 is 6.78. The van der Waals surface area contributed by atoms with E-state index in [9.17, 15) is 19.5 Å². The number of anilines is 3. The Kier molecular flexibility index (Phi) is 10.4. The first kappa shape index (κ1) is 37.3. The number of carbonyl (C=O) groups excluding carboxylic acids is 3. The number of nitrogens with one attached hydrogen (secondary N) is 1. The van der Waals surface area contributed by atoms with E-state index in [1.54, 1.807) is 50.5 Å². The summed E-state index contributed by atoms with van der Waals surface area (Å²) in [6.45, 7) is 7.46. The van der Waals surface area contributed by atoms with Crippen molar-refractivity contribution in [3.63, 3.8) is 0 Å². The van der Waals surface area contributed by atoms with E-state index < -0.39 is 53.6 Å². The smallest absolute Gasteiger partial charge is 0.412 e. The number of benzene rings is 2. The van der Waals surface area contributed by atoms with Crippen molar-refractivity contribution >= 4 is 57.5 Å². The molecule has 2 fully saturated rings. The normalized spacial score (nSPS) is 31.2. The van der Waals surface area contributed by atoms with Crippen LogP contribution in [0.2, 0.25) is 5.02 Å². The predicted molar refractivity (Wildman–Crippen MR) is 198 cm³/mol. The minimum absolute atomic E-state index is 0.0803. The SMILES string of the molecule is CO[C@@H]1/C=C/C=C(\C)Cc2cc(C)c(Cl)c(c2)N(C)C(=O)C[C@H](OC(=O)Nc2ccc(N)c3ncccc23)[C@]2(C)O[C@H]2[C@H](C)[C@@H]2C[C@@]1(O)CC(=O)O2. The Morgan fingerprint density at radius 1 is 1.21 bits per heavy atom. The molecule has 4 N–H and O–H groups in total. The van der Waals surface area contributed by atoms with Gasteiger partial charge in [-0.05, 0) is 68.7 Å². The lowest BCUT2D eigenvalue weighted by molar-refractivity contribution is -0.187. The molecule has 2 aromatic carbocycles. The lowest BCUT2D eigenvalue weighted by Crippen LogP contribution is -2.53. The number of aliphatic hydroxyl groups is 1. The van der Waals surface area contributed by atoms with Crippen LogP contribution < -0.4 is 16.0 Å². The van der Waals surface area contributed by atoms with Crippen LogP contribution >= 0.6 is 11.6 Å². The first-order valence-electron chi connectivity index (χ1n) is 17.3. The monoisotopic (exact) mass is 732 g/mol. The van der Waals surface area contributed by atoms with Crippen molar-refractivity contribution in [3.05, 3.63) is 82.5 Å². The Hall–Kier alpha value is -4.49. The van der Waals surface area contributed by atoms with Gasteiger partial charge in [-0.15, -0.1) is 0 Å². The number of methoxy groups -OCH3 is 1. The summed E-state index contributed by atoms with van der Waals surface area (Å²) in [6.07, 6.45) is 3.14. The molecule has 276 valence electrons. The maximum Gasteiger partial charge on any atom is 0.412 e. The number of aryl methyl sites for hydroxylation is 1. The molecule has 7 atom stereocenters. The van der Waals surface area contributed by atoms with Crippen molar-refractivity contribution in [2.45, 2.75) is 89.0 Å². The summed E-state index contributed by atoms with van der Waals surface area (Å²) in [5.41, 5.74) is 8.04. The molecule has 13 heteroatoms. The van der Waals surface area contributed by atoms with Gasteiger partial charge in [-0.1, -0.05) is 48.4 Å². The van der Waals surface area contributed by atoms with Crippen molar-refractivity contribution in [2.75, 3.05) is 30.1 Å². The van der Waals surface area contributed by atoms with Crippen LogP contribution in [0.15, 0.2) is 66.4 Å². The minimum Gasteiger partial charge on any atom is -0.462 e. The third-order valence-electron chi connectivity index (χ3n) is 10.5. The fourth-order valence-corrected chi connectivity index (χ4v) is 7.70. The van der Waals surface area contributed by atoms with Crippen molar-refractivity contribution in [2.24, 2.45) is 5.92 Å². The molecule has 12 nitrogen and oxygen atoms in total. The number of allylic oxidation sites excluding steroid dienone is 3. The third-order valence-corrected chi connectivity index (χ3v) is 11.0. The number of nitrogen functional groups attached to an aromatic ring is 1. The largest absolute Gasteiger partial charge is 0.462 e. The van der Waals surface area contributed by atoms with Crippen LogP contribution in [0.3, 0.4) is 0 Å². The van der Waals surface area contributed by atoms with E-state index in [4.69, 9.17) is 36.3 Å². The molecule has 1 aromatic heterocycles. The van der Waals surface area contributed by atoms with Gasteiger partial charge in [0.25, 0.3) is 0 Å². The summed E-state index contributed by atoms with van der Waals surface area (Å²) in [5.74, 6) is -1.40. The number of hydrogen-bond acceptors (Lipinski definition) is 10. The number of esters is 1. The van der Waals surface area contributed by atoms with Gasteiger partial charge in [0.1, 0.15) is 29.5 Å². The highest BCUT2D eigenvalue weighted by Crippen LogP contribution is 2.49. The van der Waals surface area contributed by atoms with Gasteiger partial charge >= 0.3 is 12.1 Å². The number of amides is 2. The van der Waals surface area contributed by atoms with E-state index in [1.165, 1.54) is 12.0 Å². The van der Waals surface area contributed by atoms with Gasteiger partial charge in [-0.25, -0.2) is 4.79 Å². The Morgan fingerprint density at radius 3 is 2.73 bits per heavy atom. The molecule has 3 aliphatic rings. The van der Waals surface area contributed by atoms with E-state index in [0.717, 1.165) is 16.7 Å². The second-order valence-corrected chi connectivity index (χ2v) is 14.7. The number of pyridine rings is 1. The molecular weight excluding hydrogens is 688 g/mol. The summed E-state index contributed by atoms with van der Waals surface area (Å²) in [4.78, 5) is 46.5. The minimum atomic E-state index is -1.55. The van der Waals surface area contributed by atoms with E-state index in [0.29, 0.717) is 39.4 Å². The fraction of sp³-hybridized carbons (Fsp3) is 0.436. The summed E-state index contributed by atoms with van der Waals surface area (Å²) in [7, 11) is 3.12. The van der Waals surface area contributed by atoms with E-state index in [1.807, 2.05) is 45.1 Å². The Bertz CT molecular complexity index is 1970. The highest BCUT2D eigenvalue weighted by molar-refractivity contribution is 6.34. The number of ether oxygens (including phenoxy) is 4. The molecule has 4 bridgehead atoms. The van der Waals surface area contributed by atoms with Crippen LogP contribution in [-0.4, -0.2) is 77.8 Å². The summed E-state index contributed by atoms with van der Waals surface area (Å²) < 4.78 is 23.8. The molecule has 2 amide bonds.